The summed E-state index contributed by atoms with van der Waals surface area (Å²) in [6.45, 7) is 3.16. The number of rotatable bonds is 2. The summed E-state index contributed by atoms with van der Waals surface area (Å²) < 4.78 is 18.8. The Morgan fingerprint density at radius 2 is 2.04 bits per heavy atom. The third-order valence-corrected chi connectivity index (χ3v) is 5.99. The molecule has 0 aliphatic carbocycles. The van der Waals surface area contributed by atoms with Gasteiger partial charge in [-0.25, -0.2) is 4.39 Å². The zero-order valence-corrected chi connectivity index (χ0v) is 14.8. The summed E-state index contributed by atoms with van der Waals surface area (Å²) in [7, 11) is 0. The number of halogens is 1. The lowest BCUT2D eigenvalue weighted by Crippen LogP contribution is -2.55. The molecule has 0 radical (unpaired) electrons. The van der Waals surface area contributed by atoms with Gasteiger partial charge in [0.15, 0.2) is 0 Å². The summed E-state index contributed by atoms with van der Waals surface area (Å²) in [5.41, 5.74) is -0.237. The molecule has 7 heteroatoms. The molecule has 1 aromatic rings. The van der Waals surface area contributed by atoms with Crippen molar-refractivity contribution in [2.24, 2.45) is 5.41 Å². The molecule has 140 valence electrons. The number of likely N-dealkylation sites (tertiary alicyclic amines) is 2. The Morgan fingerprint density at radius 3 is 2.81 bits per heavy atom. The topological polar surface area (TPSA) is 62.7 Å². The van der Waals surface area contributed by atoms with Gasteiger partial charge in [0.2, 0.25) is 5.91 Å². The second-order valence-electron chi connectivity index (χ2n) is 7.59. The van der Waals surface area contributed by atoms with E-state index in [-0.39, 0.29) is 23.4 Å². The number of hydrogen-bond donors (Lipinski definition) is 0. The molecule has 6 nitrogen and oxygen atoms in total. The minimum atomic E-state index is -0.524. The zero-order valence-electron chi connectivity index (χ0n) is 14.8. The van der Waals surface area contributed by atoms with Gasteiger partial charge in [0.1, 0.15) is 5.82 Å². The Morgan fingerprint density at radius 1 is 1.23 bits per heavy atom. The van der Waals surface area contributed by atoms with E-state index in [1.807, 2.05) is 4.90 Å². The van der Waals surface area contributed by atoms with Crippen molar-refractivity contribution in [3.05, 3.63) is 29.8 Å². The average molecular weight is 361 g/mol. The number of nitrogens with zero attached hydrogens (tertiary/aromatic N) is 3. The first-order valence-electron chi connectivity index (χ1n) is 9.38. The molecule has 0 bridgehead atoms. The number of amides is 2. The van der Waals surface area contributed by atoms with Gasteiger partial charge in [-0.05, 0) is 38.2 Å². The Labute approximate surface area is 152 Å². The van der Waals surface area contributed by atoms with Crippen LogP contribution in [0.3, 0.4) is 0 Å². The molecule has 4 heterocycles. The van der Waals surface area contributed by atoms with Crippen LogP contribution in [0.15, 0.2) is 18.5 Å². The number of piperidine rings is 1. The van der Waals surface area contributed by atoms with Crippen LogP contribution in [-0.4, -0.2) is 65.5 Å². The fourth-order valence-corrected chi connectivity index (χ4v) is 4.58. The number of carbonyl (C=O) groups excluding carboxylic acids is 2. The Bertz CT molecular complexity index is 707. The minimum absolute atomic E-state index is 0.184. The van der Waals surface area contributed by atoms with E-state index in [0.29, 0.717) is 32.7 Å². The number of aromatic nitrogens is 1. The molecule has 3 fully saturated rings. The Kier molecular flexibility index (Phi) is 4.65. The first-order valence-corrected chi connectivity index (χ1v) is 9.38. The summed E-state index contributed by atoms with van der Waals surface area (Å²) in [4.78, 5) is 33.4. The van der Waals surface area contributed by atoms with Crippen LogP contribution in [-0.2, 0) is 9.53 Å². The van der Waals surface area contributed by atoms with E-state index in [4.69, 9.17) is 4.74 Å². The van der Waals surface area contributed by atoms with Crippen LogP contribution in [0.5, 0.6) is 0 Å². The molecule has 1 spiro atoms. The monoisotopic (exact) mass is 361 g/mol. The van der Waals surface area contributed by atoms with E-state index in [2.05, 4.69) is 4.98 Å². The summed E-state index contributed by atoms with van der Waals surface area (Å²) in [5.74, 6) is -0.586. The van der Waals surface area contributed by atoms with E-state index in [9.17, 15) is 14.0 Å². The molecule has 0 saturated carbocycles. The highest BCUT2D eigenvalue weighted by Crippen LogP contribution is 2.41. The molecule has 3 aliphatic rings. The second-order valence-corrected chi connectivity index (χ2v) is 7.59. The molecule has 1 aromatic heterocycles. The zero-order chi connectivity index (χ0) is 18.1. The first-order chi connectivity index (χ1) is 12.6. The molecule has 4 rings (SSSR count). The largest absolute Gasteiger partial charge is 0.381 e. The third-order valence-electron chi connectivity index (χ3n) is 5.99. The van der Waals surface area contributed by atoms with Crippen molar-refractivity contribution in [2.45, 2.75) is 38.1 Å². The molecule has 0 N–H and O–H groups in total. The van der Waals surface area contributed by atoms with Gasteiger partial charge in [0, 0.05) is 45.1 Å². The van der Waals surface area contributed by atoms with Crippen molar-refractivity contribution < 1.29 is 18.7 Å². The van der Waals surface area contributed by atoms with Gasteiger partial charge < -0.3 is 14.5 Å². The molecule has 1 atom stereocenters. The van der Waals surface area contributed by atoms with Crippen LogP contribution in [0.2, 0.25) is 0 Å². The van der Waals surface area contributed by atoms with Gasteiger partial charge in [-0.1, -0.05) is 0 Å². The fourth-order valence-electron chi connectivity index (χ4n) is 4.58. The summed E-state index contributed by atoms with van der Waals surface area (Å²) in [6.07, 6.45) is 6.70. The van der Waals surface area contributed by atoms with Gasteiger partial charge in [-0.15, -0.1) is 0 Å². The van der Waals surface area contributed by atoms with E-state index in [1.54, 1.807) is 4.90 Å². The highest BCUT2D eigenvalue weighted by atomic mass is 19.1. The summed E-state index contributed by atoms with van der Waals surface area (Å²) in [6, 6.07) is 1.46. The molecule has 3 saturated heterocycles. The van der Waals surface area contributed by atoms with Crippen molar-refractivity contribution in [3.8, 4) is 0 Å². The standard InChI is InChI=1S/C19H24FN3O3/c20-15-10-14(11-21-12-15)17(24)22-7-5-19(13-22)4-1-6-23(18(19)25)16-2-8-26-9-3-16/h10-12,16H,1-9,13H2/t19-/m1/s1. The molecular weight excluding hydrogens is 337 g/mol. The van der Waals surface area contributed by atoms with Crippen LogP contribution in [0, 0.1) is 11.2 Å². The lowest BCUT2D eigenvalue weighted by molar-refractivity contribution is -0.150. The molecular formula is C19H24FN3O3. The number of pyridine rings is 1. The van der Waals surface area contributed by atoms with E-state index in [0.717, 1.165) is 38.4 Å². The lowest BCUT2D eigenvalue weighted by Gasteiger charge is -2.44. The van der Waals surface area contributed by atoms with Gasteiger partial charge in [-0.2, -0.15) is 0 Å². The average Bonchev–Trinajstić information content (AvgIpc) is 3.09. The first kappa shape index (κ1) is 17.4. The van der Waals surface area contributed by atoms with Gasteiger partial charge in [0.25, 0.3) is 5.91 Å². The van der Waals surface area contributed by atoms with Gasteiger partial charge in [0.05, 0.1) is 17.2 Å². The van der Waals surface area contributed by atoms with Crippen LogP contribution in [0.25, 0.3) is 0 Å². The van der Waals surface area contributed by atoms with E-state index >= 15 is 0 Å². The van der Waals surface area contributed by atoms with Gasteiger partial charge >= 0.3 is 0 Å². The van der Waals surface area contributed by atoms with E-state index in [1.165, 1.54) is 12.3 Å². The molecule has 3 aliphatic heterocycles. The molecule has 0 unspecified atom stereocenters. The number of carbonyl (C=O) groups is 2. The minimum Gasteiger partial charge on any atom is -0.381 e. The normalized spacial score (nSPS) is 27.3. The number of ether oxygens (including phenoxy) is 1. The molecule has 0 aromatic carbocycles. The highest BCUT2D eigenvalue weighted by molar-refractivity contribution is 5.95. The van der Waals surface area contributed by atoms with Crippen LogP contribution < -0.4 is 0 Å². The maximum Gasteiger partial charge on any atom is 0.255 e. The smallest absolute Gasteiger partial charge is 0.255 e. The third kappa shape index (κ3) is 3.09. The lowest BCUT2D eigenvalue weighted by atomic mass is 9.77. The maximum atomic E-state index is 13.4. The SMILES string of the molecule is O=C(c1cncc(F)c1)N1CC[C@]2(CCCN(C3CCOCC3)C2=O)C1. The fraction of sp³-hybridized carbons (Fsp3) is 0.632. The van der Waals surface area contributed by atoms with Crippen molar-refractivity contribution in [2.75, 3.05) is 32.8 Å². The maximum absolute atomic E-state index is 13.4. The number of hydrogen-bond acceptors (Lipinski definition) is 4. The molecule has 26 heavy (non-hydrogen) atoms. The quantitative estimate of drug-likeness (QED) is 0.807. The highest BCUT2D eigenvalue weighted by Gasteiger charge is 2.50. The summed E-state index contributed by atoms with van der Waals surface area (Å²) >= 11 is 0. The van der Waals surface area contributed by atoms with Crippen LogP contribution >= 0.6 is 0 Å². The van der Waals surface area contributed by atoms with Gasteiger partial charge in [-0.3, -0.25) is 14.6 Å². The van der Waals surface area contributed by atoms with Crippen molar-refractivity contribution in [1.82, 2.24) is 14.8 Å². The van der Waals surface area contributed by atoms with Crippen LogP contribution in [0.4, 0.5) is 4.39 Å². The van der Waals surface area contributed by atoms with E-state index < -0.39 is 11.2 Å². The second kappa shape index (κ2) is 6.95. The van der Waals surface area contributed by atoms with Crippen molar-refractivity contribution in [1.29, 1.82) is 0 Å². The predicted octanol–water partition coefficient (Wildman–Crippen LogP) is 1.85. The molecule has 2 amide bonds. The predicted molar refractivity (Wildman–Crippen MR) is 91.9 cm³/mol. The van der Waals surface area contributed by atoms with Crippen LogP contribution in [0.1, 0.15) is 42.5 Å². The Balaban J connectivity index is 1.49. The summed E-state index contributed by atoms with van der Waals surface area (Å²) in [5, 5.41) is 0. The van der Waals surface area contributed by atoms with Crippen molar-refractivity contribution in [3.63, 3.8) is 0 Å². The van der Waals surface area contributed by atoms with Crippen molar-refractivity contribution >= 4 is 11.8 Å². The Hall–Kier alpha value is -2.02.